The number of hydrogen-bond acceptors (Lipinski definition) is 4. The normalized spacial score (nSPS) is 15.6. The highest BCUT2D eigenvalue weighted by Gasteiger charge is 2.17. The van der Waals surface area contributed by atoms with Gasteiger partial charge in [-0.3, -0.25) is 9.78 Å². The number of ketones is 1. The van der Waals surface area contributed by atoms with E-state index in [0.717, 1.165) is 11.1 Å². The zero-order valence-corrected chi connectivity index (χ0v) is 10.5. The number of H-pyrrole nitrogens is 1. The standard InChI is InChI=1S/C14H13NO4/c1-18-12-7-11-13(19-14(17)15-11)6-10(12)8-2-4-9(16)5-3-8/h2,6-7H,3-5H2,1H3,(H,15,17). The number of ether oxygens (including phenoxy) is 1. The Labute approximate surface area is 108 Å². The average molecular weight is 259 g/mol. The Balaban J connectivity index is 2.16. The number of rotatable bonds is 2. The molecule has 2 aromatic rings. The first-order valence-corrected chi connectivity index (χ1v) is 6.09. The minimum absolute atomic E-state index is 0.247. The number of Topliss-reactive ketones (excluding diaryl/α,β-unsaturated/α-hetero) is 1. The van der Waals surface area contributed by atoms with E-state index in [2.05, 4.69) is 4.98 Å². The molecule has 0 atom stereocenters. The van der Waals surface area contributed by atoms with E-state index >= 15 is 0 Å². The number of nitrogens with one attached hydrogen (secondary N) is 1. The van der Waals surface area contributed by atoms with Crippen LogP contribution in [0.15, 0.2) is 27.4 Å². The van der Waals surface area contributed by atoms with Crippen molar-refractivity contribution in [3.05, 3.63) is 34.3 Å². The summed E-state index contributed by atoms with van der Waals surface area (Å²) in [4.78, 5) is 25.1. The minimum atomic E-state index is -0.484. The van der Waals surface area contributed by atoms with Crippen LogP contribution in [-0.2, 0) is 4.79 Å². The van der Waals surface area contributed by atoms with Crippen LogP contribution in [0.1, 0.15) is 24.8 Å². The number of aromatic amines is 1. The molecule has 1 heterocycles. The summed E-state index contributed by atoms with van der Waals surface area (Å²) in [6.07, 6.45) is 3.60. The van der Waals surface area contributed by atoms with Crippen molar-refractivity contribution in [2.24, 2.45) is 0 Å². The molecule has 5 nitrogen and oxygen atoms in total. The van der Waals surface area contributed by atoms with Gasteiger partial charge in [-0.2, -0.15) is 0 Å². The maximum absolute atomic E-state index is 11.3. The van der Waals surface area contributed by atoms with Crippen molar-refractivity contribution >= 4 is 22.5 Å². The summed E-state index contributed by atoms with van der Waals surface area (Å²) >= 11 is 0. The average Bonchev–Trinajstić information content (AvgIpc) is 2.77. The lowest BCUT2D eigenvalue weighted by molar-refractivity contribution is -0.118. The van der Waals surface area contributed by atoms with Crippen LogP contribution in [0.3, 0.4) is 0 Å². The maximum atomic E-state index is 11.3. The third-order valence-corrected chi connectivity index (χ3v) is 3.34. The van der Waals surface area contributed by atoms with Crippen LogP contribution in [0.2, 0.25) is 0 Å². The highest BCUT2D eigenvalue weighted by Crippen LogP contribution is 2.34. The molecule has 0 unspecified atom stereocenters. The molecule has 0 aliphatic heterocycles. The molecule has 1 aliphatic carbocycles. The van der Waals surface area contributed by atoms with Gasteiger partial charge in [0.2, 0.25) is 0 Å². The number of hydrogen-bond donors (Lipinski definition) is 1. The van der Waals surface area contributed by atoms with Gasteiger partial charge < -0.3 is 9.15 Å². The van der Waals surface area contributed by atoms with Gasteiger partial charge in [-0.05, 0) is 18.1 Å². The second kappa shape index (κ2) is 4.42. The Morgan fingerprint density at radius 3 is 2.79 bits per heavy atom. The highest BCUT2D eigenvalue weighted by atomic mass is 16.5. The Hall–Kier alpha value is -2.30. The van der Waals surface area contributed by atoms with Crippen LogP contribution in [-0.4, -0.2) is 17.9 Å². The molecule has 0 bridgehead atoms. The van der Waals surface area contributed by atoms with Gasteiger partial charge in [0.25, 0.3) is 0 Å². The van der Waals surface area contributed by atoms with Crippen molar-refractivity contribution in [1.29, 1.82) is 0 Å². The summed E-state index contributed by atoms with van der Waals surface area (Å²) < 4.78 is 10.4. The molecule has 1 N–H and O–H groups in total. The number of methoxy groups -OCH3 is 1. The summed E-state index contributed by atoms with van der Waals surface area (Å²) in [6, 6.07) is 3.53. The minimum Gasteiger partial charge on any atom is -0.496 e. The van der Waals surface area contributed by atoms with Gasteiger partial charge in [0.15, 0.2) is 5.58 Å². The molecule has 0 radical (unpaired) electrons. The molecule has 0 fully saturated rings. The summed E-state index contributed by atoms with van der Waals surface area (Å²) in [6.45, 7) is 0. The number of fused-ring (bicyclic) bond motifs is 1. The zero-order chi connectivity index (χ0) is 13.4. The quantitative estimate of drug-likeness (QED) is 0.897. The maximum Gasteiger partial charge on any atom is 0.417 e. The van der Waals surface area contributed by atoms with Gasteiger partial charge in [-0.1, -0.05) is 6.08 Å². The predicted molar refractivity (Wildman–Crippen MR) is 70.2 cm³/mol. The Kier molecular flexibility index (Phi) is 2.74. The lowest BCUT2D eigenvalue weighted by Gasteiger charge is -2.15. The number of carbonyl (C=O) groups excluding carboxylic acids is 1. The van der Waals surface area contributed by atoms with Gasteiger partial charge in [-0.15, -0.1) is 0 Å². The van der Waals surface area contributed by atoms with Crippen molar-refractivity contribution in [3.63, 3.8) is 0 Å². The molecule has 1 aromatic heterocycles. The monoisotopic (exact) mass is 259 g/mol. The fraction of sp³-hybridized carbons (Fsp3) is 0.286. The SMILES string of the molecule is COc1cc2[nH]c(=O)oc2cc1C1=CCC(=O)CC1. The highest BCUT2D eigenvalue weighted by molar-refractivity contribution is 5.90. The summed E-state index contributed by atoms with van der Waals surface area (Å²) in [7, 11) is 1.58. The third-order valence-electron chi connectivity index (χ3n) is 3.34. The van der Waals surface area contributed by atoms with E-state index in [1.807, 2.05) is 6.08 Å². The predicted octanol–water partition coefficient (Wildman–Crippen LogP) is 2.27. The molecule has 1 aromatic carbocycles. The fourth-order valence-electron chi connectivity index (χ4n) is 2.36. The van der Waals surface area contributed by atoms with Crippen LogP contribution in [0.5, 0.6) is 5.75 Å². The van der Waals surface area contributed by atoms with Crippen LogP contribution in [0.4, 0.5) is 0 Å². The van der Waals surface area contributed by atoms with Crippen molar-refractivity contribution in [3.8, 4) is 5.75 Å². The van der Waals surface area contributed by atoms with Gasteiger partial charge in [0.05, 0.1) is 12.6 Å². The molecule has 19 heavy (non-hydrogen) atoms. The second-order valence-corrected chi connectivity index (χ2v) is 4.54. The van der Waals surface area contributed by atoms with Crippen LogP contribution in [0.25, 0.3) is 16.7 Å². The van der Waals surface area contributed by atoms with Gasteiger partial charge >= 0.3 is 5.76 Å². The molecular formula is C14H13NO4. The molecule has 0 saturated heterocycles. The second-order valence-electron chi connectivity index (χ2n) is 4.54. The van der Waals surface area contributed by atoms with E-state index in [0.29, 0.717) is 36.1 Å². The number of oxazole rings is 1. The van der Waals surface area contributed by atoms with Crippen LogP contribution >= 0.6 is 0 Å². The first-order chi connectivity index (χ1) is 9.17. The Morgan fingerprint density at radius 2 is 2.11 bits per heavy atom. The molecule has 0 spiro atoms. The number of allylic oxidation sites excluding steroid dienone is 2. The molecule has 0 saturated carbocycles. The van der Waals surface area contributed by atoms with Crippen molar-refractivity contribution < 1.29 is 13.9 Å². The van der Waals surface area contributed by atoms with E-state index in [9.17, 15) is 9.59 Å². The third kappa shape index (κ3) is 2.07. The van der Waals surface area contributed by atoms with Crippen molar-refractivity contribution in [2.45, 2.75) is 19.3 Å². The molecule has 5 heteroatoms. The molecular weight excluding hydrogens is 246 g/mol. The van der Waals surface area contributed by atoms with Gasteiger partial charge in [0, 0.05) is 24.5 Å². The Bertz CT molecular complexity index is 735. The summed E-state index contributed by atoms with van der Waals surface area (Å²) in [5, 5.41) is 0. The van der Waals surface area contributed by atoms with E-state index in [-0.39, 0.29) is 5.78 Å². The number of carbonyl (C=O) groups is 1. The molecule has 1 aliphatic rings. The lowest BCUT2D eigenvalue weighted by atomic mass is 9.92. The molecule has 0 amide bonds. The number of aromatic nitrogens is 1. The molecule has 98 valence electrons. The van der Waals surface area contributed by atoms with Gasteiger partial charge in [-0.25, -0.2) is 4.79 Å². The van der Waals surface area contributed by atoms with E-state index in [1.165, 1.54) is 0 Å². The number of benzene rings is 1. The van der Waals surface area contributed by atoms with Gasteiger partial charge in [0.1, 0.15) is 11.5 Å². The zero-order valence-electron chi connectivity index (χ0n) is 10.5. The first kappa shape index (κ1) is 11.8. The Morgan fingerprint density at radius 1 is 1.26 bits per heavy atom. The summed E-state index contributed by atoms with van der Waals surface area (Å²) in [5.41, 5.74) is 3.05. The molecule has 3 rings (SSSR count). The topological polar surface area (TPSA) is 72.3 Å². The fourth-order valence-corrected chi connectivity index (χ4v) is 2.36. The van der Waals surface area contributed by atoms with Crippen LogP contribution < -0.4 is 10.5 Å². The van der Waals surface area contributed by atoms with E-state index in [1.54, 1.807) is 19.2 Å². The first-order valence-electron chi connectivity index (χ1n) is 6.09. The lowest BCUT2D eigenvalue weighted by Crippen LogP contribution is -2.04. The largest absolute Gasteiger partial charge is 0.496 e. The van der Waals surface area contributed by atoms with Crippen molar-refractivity contribution in [1.82, 2.24) is 4.98 Å². The summed E-state index contributed by atoms with van der Waals surface area (Å²) in [5.74, 6) is 0.434. The van der Waals surface area contributed by atoms with Crippen molar-refractivity contribution in [2.75, 3.05) is 7.11 Å². The van der Waals surface area contributed by atoms with E-state index < -0.39 is 5.76 Å². The van der Waals surface area contributed by atoms with Crippen LogP contribution in [0, 0.1) is 0 Å². The smallest absolute Gasteiger partial charge is 0.417 e. The van der Waals surface area contributed by atoms with E-state index in [4.69, 9.17) is 9.15 Å².